The number of amides is 1. The maximum Gasteiger partial charge on any atom is 0.253 e. The minimum Gasteiger partial charge on any atom is -0.368 e. The Bertz CT molecular complexity index is 1020. The first-order valence-electron chi connectivity index (χ1n) is 10.4. The Balaban J connectivity index is 1.20. The molecule has 0 N–H and O–H groups in total. The van der Waals surface area contributed by atoms with Crippen LogP contribution in [-0.4, -0.2) is 47.1 Å². The summed E-state index contributed by atoms with van der Waals surface area (Å²) in [7, 11) is 0. The van der Waals surface area contributed by atoms with Gasteiger partial charge in [0.2, 0.25) is 11.7 Å². The van der Waals surface area contributed by atoms with Crippen LogP contribution >= 0.6 is 0 Å². The number of aromatic nitrogens is 2. The van der Waals surface area contributed by atoms with Crippen molar-refractivity contribution in [2.45, 2.75) is 25.2 Å². The van der Waals surface area contributed by atoms with E-state index in [-0.39, 0.29) is 11.7 Å². The quantitative estimate of drug-likeness (QED) is 0.653. The smallest absolute Gasteiger partial charge is 0.253 e. The van der Waals surface area contributed by atoms with E-state index in [0.29, 0.717) is 30.4 Å². The first-order chi connectivity index (χ1) is 14.7. The third-order valence-electron chi connectivity index (χ3n) is 6.04. The van der Waals surface area contributed by atoms with Crippen molar-refractivity contribution in [2.75, 3.05) is 31.1 Å². The maximum absolute atomic E-state index is 13.1. The van der Waals surface area contributed by atoms with E-state index in [1.54, 1.807) is 0 Å². The molecule has 2 aromatic carbocycles. The molecule has 1 aromatic heterocycles. The highest BCUT2D eigenvalue weighted by Crippen LogP contribution is 2.36. The summed E-state index contributed by atoms with van der Waals surface area (Å²) in [6.45, 7) is 2.77. The summed E-state index contributed by atoms with van der Waals surface area (Å²) in [4.78, 5) is 21.2. The normalized spacial score (nSPS) is 17.1. The van der Waals surface area contributed by atoms with Crippen molar-refractivity contribution in [3.8, 4) is 11.4 Å². The molecule has 2 fully saturated rings. The fraction of sp³-hybridized carbons (Fsp3) is 0.348. The lowest BCUT2D eigenvalue weighted by Gasteiger charge is -2.36. The molecular weight excluding hydrogens is 383 g/mol. The van der Waals surface area contributed by atoms with Crippen molar-refractivity contribution in [2.24, 2.45) is 0 Å². The summed E-state index contributed by atoms with van der Waals surface area (Å²) in [5, 5.41) is 4.13. The Hall–Kier alpha value is -3.22. The van der Waals surface area contributed by atoms with E-state index in [1.165, 1.54) is 30.7 Å². The molecule has 3 aromatic rings. The number of benzene rings is 2. The largest absolute Gasteiger partial charge is 0.368 e. The highest BCUT2D eigenvalue weighted by atomic mass is 19.1. The number of halogens is 1. The summed E-state index contributed by atoms with van der Waals surface area (Å²) in [6, 6.07) is 13.9. The molecule has 1 aliphatic carbocycles. The van der Waals surface area contributed by atoms with E-state index in [0.717, 1.165) is 43.1 Å². The summed E-state index contributed by atoms with van der Waals surface area (Å²) in [5.41, 5.74) is 2.57. The predicted octanol–water partition coefficient (Wildman–Crippen LogP) is 4.11. The molecule has 1 saturated heterocycles. The summed E-state index contributed by atoms with van der Waals surface area (Å²) in [5.74, 6) is 1.43. The molecule has 0 unspecified atom stereocenters. The maximum atomic E-state index is 13.1. The molecule has 1 saturated carbocycles. The molecule has 5 rings (SSSR count). The van der Waals surface area contributed by atoms with Crippen LogP contribution in [0.15, 0.2) is 53.1 Å². The number of carbonyl (C=O) groups is 1. The molecule has 0 spiro atoms. The van der Waals surface area contributed by atoms with Gasteiger partial charge in [0.15, 0.2) is 0 Å². The van der Waals surface area contributed by atoms with Crippen LogP contribution in [-0.2, 0) is 0 Å². The van der Waals surface area contributed by atoms with Crippen LogP contribution in [0.4, 0.5) is 10.1 Å². The standard InChI is InChI=1S/C23H23FN4O2/c24-19-8-4-18(5-9-19)23(29)28-14-12-27(13-15-28)20-10-6-16(7-11-20)21-25-22(30-26-21)17-2-1-3-17/h4-11,17H,1-3,12-15H2. The molecule has 7 heteroatoms. The molecule has 1 amide bonds. The zero-order chi connectivity index (χ0) is 20.5. The van der Waals surface area contributed by atoms with Crippen molar-refractivity contribution in [3.05, 3.63) is 65.8 Å². The second kappa shape index (κ2) is 7.89. The van der Waals surface area contributed by atoms with Gasteiger partial charge in [-0.25, -0.2) is 4.39 Å². The van der Waals surface area contributed by atoms with Crippen molar-refractivity contribution in [1.29, 1.82) is 0 Å². The van der Waals surface area contributed by atoms with Gasteiger partial charge in [0.05, 0.1) is 0 Å². The molecule has 0 radical (unpaired) electrons. The van der Waals surface area contributed by atoms with Gasteiger partial charge < -0.3 is 14.3 Å². The lowest BCUT2D eigenvalue weighted by Crippen LogP contribution is -2.48. The third kappa shape index (κ3) is 3.67. The number of carbonyl (C=O) groups excluding carboxylic acids is 1. The fourth-order valence-electron chi connectivity index (χ4n) is 3.94. The number of hydrogen-bond donors (Lipinski definition) is 0. The Morgan fingerprint density at radius 1 is 0.967 bits per heavy atom. The average Bonchev–Trinajstić information content (AvgIpc) is 3.22. The van der Waals surface area contributed by atoms with E-state index >= 15 is 0 Å². The monoisotopic (exact) mass is 406 g/mol. The molecule has 1 aliphatic heterocycles. The predicted molar refractivity (Wildman–Crippen MR) is 111 cm³/mol. The van der Waals surface area contributed by atoms with Crippen LogP contribution in [0.3, 0.4) is 0 Å². The Morgan fingerprint density at radius 3 is 2.30 bits per heavy atom. The topological polar surface area (TPSA) is 62.5 Å². The molecular formula is C23H23FN4O2. The second-order valence-corrected chi connectivity index (χ2v) is 7.92. The zero-order valence-electron chi connectivity index (χ0n) is 16.6. The van der Waals surface area contributed by atoms with Crippen LogP contribution in [0.2, 0.25) is 0 Å². The molecule has 6 nitrogen and oxygen atoms in total. The highest BCUT2D eigenvalue weighted by molar-refractivity contribution is 5.94. The van der Waals surface area contributed by atoms with Crippen LogP contribution in [0.25, 0.3) is 11.4 Å². The van der Waals surface area contributed by atoms with Crippen molar-refractivity contribution >= 4 is 11.6 Å². The second-order valence-electron chi connectivity index (χ2n) is 7.92. The van der Waals surface area contributed by atoms with Crippen molar-refractivity contribution in [3.63, 3.8) is 0 Å². The van der Waals surface area contributed by atoms with Gasteiger partial charge in [-0.1, -0.05) is 11.6 Å². The minimum absolute atomic E-state index is 0.0515. The molecule has 2 heterocycles. The number of hydrogen-bond acceptors (Lipinski definition) is 5. The molecule has 0 atom stereocenters. The summed E-state index contributed by atoms with van der Waals surface area (Å²) >= 11 is 0. The van der Waals surface area contributed by atoms with Crippen LogP contribution in [0.5, 0.6) is 0 Å². The minimum atomic E-state index is -0.333. The number of piperazine rings is 1. The Kier molecular flexibility index (Phi) is 4.94. The molecule has 154 valence electrons. The molecule has 0 bridgehead atoms. The van der Waals surface area contributed by atoms with E-state index in [2.05, 4.69) is 27.2 Å². The first-order valence-corrected chi connectivity index (χ1v) is 10.4. The number of rotatable bonds is 4. The first kappa shape index (κ1) is 18.8. The van der Waals surface area contributed by atoms with Gasteiger partial charge in [-0.3, -0.25) is 4.79 Å². The van der Waals surface area contributed by atoms with Gasteiger partial charge in [-0.05, 0) is 61.4 Å². The lowest BCUT2D eigenvalue weighted by molar-refractivity contribution is 0.0746. The number of anilines is 1. The van der Waals surface area contributed by atoms with E-state index in [1.807, 2.05) is 17.0 Å². The zero-order valence-corrected chi connectivity index (χ0v) is 16.6. The van der Waals surface area contributed by atoms with Gasteiger partial charge in [-0.15, -0.1) is 0 Å². The number of nitrogens with zero attached hydrogens (tertiary/aromatic N) is 4. The van der Waals surface area contributed by atoms with E-state index in [4.69, 9.17) is 4.52 Å². The van der Waals surface area contributed by atoms with Crippen LogP contribution in [0.1, 0.15) is 41.4 Å². The Morgan fingerprint density at radius 2 is 1.67 bits per heavy atom. The highest BCUT2D eigenvalue weighted by Gasteiger charge is 2.26. The lowest BCUT2D eigenvalue weighted by atomic mass is 9.85. The van der Waals surface area contributed by atoms with Gasteiger partial charge >= 0.3 is 0 Å². The van der Waals surface area contributed by atoms with Gasteiger partial charge in [0.1, 0.15) is 5.82 Å². The SMILES string of the molecule is O=C(c1ccc(F)cc1)N1CCN(c2ccc(-c3noc(C4CCC4)n3)cc2)CC1. The summed E-state index contributed by atoms with van der Waals surface area (Å²) < 4.78 is 18.5. The van der Waals surface area contributed by atoms with Gasteiger partial charge in [0, 0.05) is 48.9 Å². The third-order valence-corrected chi connectivity index (χ3v) is 6.04. The van der Waals surface area contributed by atoms with Gasteiger partial charge in [-0.2, -0.15) is 4.98 Å². The fourth-order valence-corrected chi connectivity index (χ4v) is 3.94. The van der Waals surface area contributed by atoms with Gasteiger partial charge in [0.25, 0.3) is 5.91 Å². The van der Waals surface area contributed by atoms with Crippen molar-refractivity contribution in [1.82, 2.24) is 15.0 Å². The van der Waals surface area contributed by atoms with Crippen LogP contribution < -0.4 is 4.90 Å². The van der Waals surface area contributed by atoms with Crippen molar-refractivity contribution < 1.29 is 13.7 Å². The van der Waals surface area contributed by atoms with E-state index < -0.39 is 0 Å². The van der Waals surface area contributed by atoms with E-state index in [9.17, 15) is 9.18 Å². The Labute approximate surface area is 174 Å². The molecule has 2 aliphatic rings. The molecule has 30 heavy (non-hydrogen) atoms. The average molecular weight is 406 g/mol. The summed E-state index contributed by atoms with van der Waals surface area (Å²) in [6.07, 6.45) is 3.51. The van der Waals surface area contributed by atoms with Crippen LogP contribution in [0, 0.1) is 5.82 Å².